The molecule has 0 unspecified atom stereocenters. The molecule has 1 N–H and O–H groups in total. The summed E-state index contributed by atoms with van der Waals surface area (Å²) in [6.45, 7) is 2.12. The summed E-state index contributed by atoms with van der Waals surface area (Å²) in [5.74, 6) is 2.41. The van der Waals surface area contributed by atoms with Crippen molar-refractivity contribution in [1.82, 2.24) is 9.97 Å². The lowest BCUT2D eigenvalue weighted by Crippen LogP contribution is -2.06. The van der Waals surface area contributed by atoms with E-state index < -0.39 is 0 Å². The summed E-state index contributed by atoms with van der Waals surface area (Å²) in [5.41, 5.74) is 0. The first-order chi connectivity index (χ1) is 7.31. The number of hydrogen-bond acceptors (Lipinski definition) is 4. The van der Waals surface area contributed by atoms with Crippen LogP contribution >= 0.6 is 0 Å². The molecule has 0 spiro atoms. The molecule has 0 bridgehead atoms. The largest absolute Gasteiger partial charge is 0.481 e. The van der Waals surface area contributed by atoms with E-state index in [1.807, 2.05) is 6.07 Å². The first kappa shape index (κ1) is 10.2. The van der Waals surface area contributed by atoms with Crippen LogP contribution in [0.5, 0.6) is 5.88 Å². The summed E-state index contributed by atoms with van der Waals surface area (Å²) < 4.78 is 5.15. The van der Waals surface area contributed by atoms with Gasteiger partial charge in [0.25, 0.3) is 0 Å². The minimum atomic E-state index is 0.610. The Kier molecular flexibility index (Phi) is 3.04. The third kappa shape index (κ3) is 2.81. The minimum Gasteiger partial charge on any atom is -0.481 e. The van der Waals surface area contributed by atoms with Crippen molar-refractivity contribution in [3.63, 3.8) is 0 Å². The van der Waals surface area contributed by atoms with Crippen molar-refractivity contribution < 1.29 is 4.74 Å². The Hall–Kier alpha value is -1.32. The molecule has 1 aliphatic carbocycles. The quantitative estimate of drug-likeness (QED) is 0.802. The molecule has 1 fully saturated rings. The van der Waals surface area contributed by atoms with Gasteiger partial charge in [-0.15, -0.1) is 0 Å². The smallest absolute Gasteiger partial charge is 0.218 e. The molecule has 4 nitrogen and oxygen atoms in total. The molecule has 0 radical (unpaired) electrons. The highest BCUT2D eigenvalue weighted by Crippen LogP contribution is 2.25. The van der Waals surface area contributed by atoms with E-state index in [4.69, 9.17) is 4.74 Å². The fraction of sp³-hybridized carbons (Fsp3) is 0.636. The van der Waals surface area contributed by atoms with Crippen LogP contribution in [0.3, 0.4) is 0 Å². The molecule has 0 amide bonds. The lowest BCUT2D eigenvalue weighted by Gasteiger charge is -2.07. The van der Waals surface area contributed by atoms with Crippen molar-refractivity contribution in [2.24, 2.45) is 0 Å². The van der Waals surface area contributed by atoms with Crippen LogP contribution in [0.2, 0.25) is 0 Å². The number of anilines is 1. The molecule has 1 aromatic heterocycles. The average Bonchev–Trinajstić information content (AvgIpc) is 3.02. The van der Waals surface area contributed by atoms with Gasteiger partial charge in [-0.2, -0.15) is 4.98 Å². The molecule has 0 aliphatic heterocycles. The Bertz CT molecular complexity index is 337. The SMILES string of the molecule is CCCc1nc(NC2CC2)cc(OC)n1. The fourth-order valence-corrected chi connectivity index (χ4v) is 1.42. The third-order valence-corrected chi connectivity index (χ3v) is 2.36. The normalized spacial score (nSPS) is 15.1. The minimum absolute atomic E-state index is 0.610. The molecular weight excluding hydrogens is 190 g/mol. The zero-order chi connectivity index (χ0) is 10.7. The number of nitrogens with zero attached hydrogens (tertiary/aromatic N) is 2. The average molecular weight is 207 g/mol. The number of aromatic nitrogens is 2. The topological polar surface area (TPSA) is 47.0 Å². The van der Waals surface area contributed by atoms with Crippen LogP contribution < -0.4 is 10.1 Å². The van der Waals surface area contributed by atoms with Crippen molar-refractivity contribution in [3.8, 4) is 5.88 Å². The Morgan fingerprint density at radius 3 is 2.87 bits per heavy atom. The summed E-state index contributed by atoms with van der Waals surface area (Å²) >= 11 is 0. The number of nitrogens with one attached hydrogen (secondary N) is 1. The van der Waals surface area contributed by atoms with Gasteiger partial charge in [-0.05, 0) is 19.3 Å². The molecule has 4 heteroatoms. The highest BCUT2D eigenvalue weighted by Gasteiger charge is 2.21. The molecule has 1 aliphatic rings. The first-order valence-electron chi connectivity index (χ1n) is 5.50. The lowest BCUT2D eigenvalue weighted by molar-refractivity contribution is 0.395. The molecule has 1 heterocycles. The second-order valence-corrected chi connectivity index (χ2v) is 3.88. The second-order valence-electron chi connectivity index (χ2n) is 3.88. The van der Waals surface area contributed by atoms with E-state index in [9.17, 15) is 0 Å². The monoisotopic (exact) mass is 207 g/mol. The van der Waals surface area contributed by atoms with Crippen LogP contribution in [0.4, 0.5) is 5.82 Å². The van der Waals surface area contributed by atoms with Crippen LogP contribution in [0.1, 0.15) is 32.0 Å². The summed E-state index contributed by atoms with van der Waals surface area (Å²) in [4.78, 5) is 8.75. The number of aryl methyl sites for hydroxylation is 1. The van der Waals surface area contributed by atoms with Crippen molar-refractivity contribution in [2.75, 3.05) is 12.4 Å². The predicted molar refractivity (Wildman–Crippen MR) is 59.2 cm³/mol. The summed E-state index contributed by atoms with van der Waals surface area (Å²) in [7, 11) is 1.64. The van der Waals surface area contributed by atoms with E-state index in [1.165, 1.54) is 12.8 Å². The molecule has 0 atom stereocenters. The highest BCUT2D eigenvalue weighted by atomic mass is 16.5. The predicted octanol–water partition coefficient (Wildman–Crippen LogP) is 2.01. The number of methoxy groups -OCH3 is 1. The van der Waals surface area contributed by atoms with Crippen LogP contribution in [-0.4, -0.2) is 23.1 Å². The van der Waals surface area contributed by atoms with Gasteiger partial charge < -0.3 is 10.1 Å². The summed E-state index contributed by atoms with van der Waals surface area (Å²) in [6.07, 6.45) is 4.44. The summed E-state index contributed by atoms with van der Waals surface area (Å²) in [6, 6.07) is 2.47. The molecule has 1 saturated carbocycles. The van der Waals surface area contributed by atoms with E-state index in [0.29, 0.717) is 11.9 Å². The zero-order valence-corrected chi connectivity index (χ0v) is 9.29. The van der Waals surface area contributed by atoms with Gasteiger partial charge in [0.1, 0.15) is 11.6 Å². The van der Waals surface area contributed by atoms with Gasteiger partial charge >= 0.3 is 0 Å². The van der Waals surface area contributed by atoms with Crippen molar-refractivity contribution in [3.05, 3.63) is 11.9 Å². The molecule has 0 aromatic carbocycles. The number of hydrogen-bond donors (Lipinski definition) is 1. The number of rotatable bonds is 5. The van der Waals surface area contributed by atoms with Crippen LogP contribution in [0.25, 0.3) is 0 Å². The van der Waals surface area contributed by atoms with E-state index in [2.05, 4.69) is 22.2 Å². The third-order valence-electron chi connectivity index (χ3n) is 2.36. The van der Waals surface area contributed by atoms with E-state index in [-0.39, 0.29) is 0 Å². The van der Waals surface area contributed by atoms with Gasteiger partial charge in [-0.3, -0.25) is 0 Å². The highest BCUT2D eigenvalue weighted by molar-refractivity contribution is 5.40. The molecule has 1 aromatic rings. The number of ether oxygens (including phenoxy) is 1. The molecule has 2 rings (SSSR count). The molecule has 82 valence electrons. The van der Waals surface area contributed by atoms with E-state index in [0.717, 1.165) is 24.5 Å². The van der Waals surface area contributed by atoms with Gasteiger partial charge in [0, 0.05) is 18.5 Å². The van der Waals surface area contributed by atoms with Gasteiger partial charge in [0.05, 0.1) is 7.11 Å². The van der Waals surface area contributed by atoms with Gasteiger partial charge in [0.15, 0.2) is 0 Å². The standard InChI is InChI=1S/C11H17N3O/c1-3-4-9-13-10(12-8-5-6-8)7-11(14-9)15-2/h7-8H,3-6H2,1-2H3,(H,12,13,14). The van der Waals surface area contributed by atoms with Crippen LogP contribution in [0.15, 0.2) is 6.07 Å². The zero-order valence-electron chi connectivity index (χ0n) is 9.29. The maximum absolute atomic E-state index is 5.15. The molecule has 15 heavy (non-hydrogen) atoms. The van der Waals surface area contributed by atoms with Gasteiger partial charge in [0.2, 0.25) is 5.88 Å². The van der Waals surface area contributed by atoms with E-state index in [1.54, 1.807) is 7.11 Å². The molecule has 0 saturated heterocycles. The maximum Gasteiger partial charge on any atom is 0.218 e. The Balaban J connectivity index is 2.15. The second kappa shape index (κ2) is 4.47. The van der Waals surface area contributed by atoms with Gasteiger partial charge in [-0.25, -0.2) is 4.98 Å². The van der Waals surface area contributed by atoms with Crippen molar-refractivity contribution >= 4 is 5.82 Å². The molecular formula is C11H17N3O. The van der Waals surface area contributed by atoms with Crippen LogP contribution in [0, 0.1) is 0 Å². The van der Waals surface area contributed by atoms with Gasteiger partial charge in [-0.1, -0.05) is 6.92 Å². The summed E-state index contributed by atoms with van der Waals surface area (Å²) in [5, 5.41) is 3.36. The fourth-order valence-electron chi connectivity index (χ4n) is 1.42. The Labute approximate surface area is 90.1 Å². The van der Waals surface area contributed by atoms with Crippen molar-refractivity contribution in [1.29, 1.82) is 0 Å². The Morgan fingerprint density at radius 2 is 2.27 bits per heavy atom. The first-order valence-corrected chi connectivity index (χ1v) is 5.50. The lowest BCUT2D eigenvalue weighted by atomic mass is 10.3. The van der Waals surface area contributed by atoms with Crippen LogP contribution in [-0.2, 0) is 6.42 Å². The maximum atomic E-state index is 5.15. The Morgan fingerprint density at radius 1 is 1.47 bits per heavy atom. The van der Waals surface area contributed by atoms with Crippen molar-refractivity contribution in [2.45, 2.75) is 38.6 Å². The van der Waals surface area contributed by atoms with E-state index >= 15 is 0 Å².